The summed E-state index contributed by atoms with van der Waals surface area (Å²) in [6, 6.07) is 0. The number of carbonyl (C=O) groups is 2. The molecule has 0 bridgehead atoms. The molecule has 0 spiro atoms. The fourth-order valence-corrected chi connectivity index (χ4v) is 1.76. The van der Waals surface area contributed by atoms with E-state index in [-0.39, 0.29) is 6.61 Å². The Morgan fingerprint density at radius 1 is 1.25 bits per heavy atom. The van der Waals surface area contributed by atoms with Crippen molar-refractivity contribution < 1.29 is 19.4 Å². The maximum absolute atomic E-state index is 11.5. The van der Waals surface area contributed by atoms with Crippen LogP contribution in [0.15, 0.2) is 0 Å². The Kier molecular flexibility index (Phi) is 5.21. The van der Waals surface area contributed by atoms with E-state index >= 15 is 0 Å². The van der Waals surface area contributed by atoms with Gasteiger partial charge in [0.1, 0.15) is 0 Å². The second-order valence-corrected chi connectivity index (χ2v) is 3.70. The topological polar surface area (TPSA) is 70.1 Å². The van der Waals surface area contributed by atoms with Gasteiger partial charge in [-0.05, 0) is 13.0 Å². The minimum Gasteiger partial charge on any atom is -0.462 e. The zero-order valence-electron chi connectivity index (χ0n) is 9.52. The van der Waals surface area contributed by atoms with Crippen molar-refractivity contribution in [1.82, 2.24) is 9.80 Å². The minimum atomic E-state index is -0.810. The van der Waals surface area contributed by atoms with Gasteiger partial charge < -0.3 is 14.7 Å². The number of aliphatic hydroxyl groups excluding tert-OH is 1. The summed E-state index contributed by atoms with van der Waals surface area (Å²) >= 11 is 0. The molecule has 1 rings (SSSR count). The maximum atomic E-state index is 11.5. The Bertz CT molecular complexity index is 257. The fraction of sp³-hybridized carbons (Fsp3) is 0.800. The molecule has 92 valence electrons. The number of carbonyl (C=O) groups excluding carboxylic acids is 2. The average molecular weight is 230 g/mol. The van der Waals surface area contributed by atoms with Crippen molar-refractivity contribution in [2.75, 3.05) is 46.4 Å². The molecule has 1 aliphatic heterocycles. The van der Waals surface area contributed by atoms with Crippen molar-refractivity contribution in [3.05, 3.63) is 0 Å². The van der Waals surface area contributed by atoms with Gasteiger partial charge in [-0.25, -0.2) is 4.79 Å². The van der Waals surface area contributed by atoms with E-state index in [4.69, 9.17) is 5.11 Å². The third-order valence-corrected chi connectivity index (χ3v) is 2.65. The van der Waals surface area contributed by atoms with E-state index in [0.29, 0.717) is 26.2 Å². The van der Waals surface area contributed by atoms with E-state index < -0.39 is 11.9 Å². The second-order valence-electron chi connectivity index (χ2n) is 3.70. The predicted molar refractivity (Wildman–Crippen MR) is 56.7 cm³/mol. The third-order valence-electron chi connectivity index (χ3n) is 2.65. The predicted octanol–water partition coefficient (Wildman–Crippen LogP) is -1.31. The van der Waals surface area contributed by atoms with Gasteiger partial charge in [0.25, 0.3) is 0 Å². The van der Waals surface area contributed by atoms with Crippen molar-refractivity contribution in [1.29, 1.82) is 0 Å². The van der Waals surface area contributed by atoms with Gasteiger partial charge in [-0.3, -0.25) is 9.69 Å². The van der Waals surface area contributed by atoms with Crippen LogP contribution in [0.5, 0.6) is 0 Å². The lowest BCUT2D eigenvalue weighted by Gasteiger charge is -2.20. The zero-order valence-corrected chi connectivity index (χ0v) is 9.52. The summed E-state index contributed by atoms with van der Waals surface area (Å²) in [7, 11) is 1.20. The van der Waals surface area contributed by atoms with Crippen molar-refractivity contribution in [2.45, 2.75) is 6.42 Å². The van der Waals surface area contributed by atoms with Crippen LogP contribution in [-0.2, 0) is 14.3 Å². The van der Waals surface area contributed by atoms with Gasteiger partial charge >= 0.3 is 11.9 Å². The van der Waals surface area contributed by atoms with Crippen LogP contribution in [0.25, 0.3) is 0 Å². The summed E-state index contributed by atoms with van der Waals surface area (Å²) in [4.78, 5) is 26.2. The number of aliphatic hydroxyl groups is 1. The normalized spacial score (nSPS) is 18.0. The van der Waals surface area contributed by atoms with E-state index in [9.17, 15) is 9.59 Å². The second kappa shape index (κ2) is 6.44. The molecule has 6 heteroatoms. The molecule has 0 saturated carbocycles. The molecule has 0 aliphatic carbocycles. The summed E-state index contributed by atoms with van der Waals surface area (Å²) in [5, 5.41) is 8.82. The lowest BCUT2D eigenvalue weighted by molar-refractivity contribution is -0.158. The molecule has 0 aromatic rings. The molecule has 1 fully saturated rings. The Balaban J connectivity index is 2.46. The maximum Gasteiger partial charge on any atom is 0.396 e. The monoisotopic (exact) mass is 230 g/mol. The number of ether oxygens (including phenoxy) is 1. The molecule has 1 heterocycles. The zero-order chi connectivity index (χ0) is 12.0. The summed E-state index contributed by atoms with van der Waals surface area (Å²) in [5.74, 6) is -1.39. The van der Waals surface area contributed by atoms with Crippen LogP contribution >= 0.6 is 0 Å². The number of hydrogen-bond donors (Lipinski definition) is 1. The summed E-state index contributed by atoms with van der Waals surface area (Å²) in [5.41, 5.74) is 0. The smallest absolute Gasteiger partial charge is 0.396 e. The quantitative estimate of drug-likeness (QED) is 0.471. The number of esters is 1. The van der Waals surface area contributed by atoms with Crippen molar-refractivity contribution in [2.24, 2.45) is 0 Å². The molecule has 0 unspecified atom stereocenters. The van der Waals surface area contributed by atoms with Crippen molar-refractivity contribution >= 4 is 11.9 Å². The highest BCUT2D eigenvalue weighted by molar-refractivity contribution is 6.32. The number of methoxy groups -OCH3 is 1. The molecular weight excluding hydrogens is 212 g/mol. The molecule has 1 aliphatic rings. The highest BCUT2D eigenvalue weighted by Gasteiger charge is 2.24. The van der Waals surface area contributed by atoms with Gasteiger partial charge in [-0.1, -0.05) is 0 Å². The van der Waals surface area contributed by atoms with Gasteiger partial charge in [0.05, 0.1) is 13.7 Å². The summed E-state index contributed by atoms with van der Waals surface area (Å²) in [6.45, 7) is 3.32. The first kappa shape index (κ1) is 12.9. The van der Waals surface area contributed by atoms with E-state index in [1.54, 1.807) is 0 Å². The van der Waals surface area contributed by atoms with Crippen LogP contribution < -0.4 is 0 Å². The van der Waals surface area contributed by atoms with Crippen LogP contribution in [0.1, 0.15) is 6.42 Å². The first-order valence-corrected chi connectivity index (χ1v) is 5.39. The Hall–Kier alpha value is -1.14. The molecule has 1 amide bonds. The molecule has 0 atom stereocenters. The van der Waals surface area contributed by atoms with Gasteiger partial charge in [-0.2, -0.15) is 0 Å². The Morgan fingerprint density at radius 2 is 2.00 bits per heavy atom. The number of β-amino-alcohol motifs (C(OH)–C–C–N with tert-alkyl or cyclic N) is 1. The molecule has 16 heavy (non-hydrogen) atoms. The number of rotatable bonds is 2. The molecular formula is C10H18N2O4. The number of hydrogen-bond acceptors (Lipinski definition) is 5. The number of nitrogens with zero attached hydrogens (tertiary/aromatic N) is 2. The first-order chi connectivity index (χ1) is 7.69. The van der Waals surface area contributed by atoms with Crippen molar-refractivity contribution in [3.8, 4) is 0 Å². The largest absolute Gasteiger partial charge is 0.462 e. The highest BCUT2D eigenvalue weighted by atomic mass is 16.5. The van der Waals surface area contributed by atoms with Crippen LogP contribution in [0.2, 0.25) is 0 Å². The van der Waals surface area contributed by atoms with Gasteiger partial charge in [0, 0.05) is 26.2 Å². The third kappa shape index (κ3) is 3.46. The van der Waals surface area contributed by atoms with Gasteiger partial charge in [0.2, 0.25) is 0 Å². The standard InChI is InChI=1S/C10H18N2O4/c1-16-10(15)9(14)12-4-2-3-11(5-6-12)7-8-13/h13H,2-8H2,1H3. The summed E-state index contributed by atoms with van der Waals surface area (Å²) in [6.07, 6.45) is 0.808. The van der Waals surface area contributed by atoms with Crippen LogP contribution in [-0.4, -0.2) is 73.2 Å². The molecule has 0 aromatic heterocycles. The fourth-order valence-electron chi connectivity index (χ4n) is 1.76. The molecule has 1 saturated heterocycles. The van der Waals surface area contributed by atoms with Crippen molar-refractivity contribution in [3.63, 3.8) is 0 Å². The molecule has 0 radical (unpaired) electrons. The Morgan fingerprint density at radius 3 is 2.62 bits per heavy atom. The van der Waals surface area contributed by atoms with Crippen LogP contribution in [0.3, 0.4) is 0 Å². The number of amides is 1. The molecule has 0 aromatic carbocycles. The average Bonchev–Trinajstić information content (AvgIpc) is 2.53. The van der Waals surface area contributed by atoms with E-state index in [1.807, 2.05) is 0 Å². The minimum absolute atomic E-state index is 0.116. The van der Waals surface area contributed by atoms with E-state index in [2.05, 4.69) is 9.64 Å². The van der Waals surface area contributed by atoms with Crippen LogP contribution in [0, 0.1) is 0 Å². The SMILES string of the molecule is COC(=O)C(=O)N1CCCN(CCO)CC1. The van der Waals surface area contributed by atoms with E-state index in [0.717, 1.165) is 13.0 Å². The first-order valence-electron chi connectivity index (χ1n) is 5.39. The Labute approximate surface area is 94.8 Å². The lowest BCUT2D eigenvalue weighted by Crippen LogP contribution is -2.40. The van der Waals surface area contributed by atoms with E-state index in [1.165, 1.54) is 12.0 Å². The molecule has 6 nitrogen and oxygen atoms in total. The lowest BCUT2D eigenvalue weighted by atomic mass is 10.3. The van der Waals surface area contributed by atoms with Gasteiger partial charge in [0.15, 0.2) is 0 Å². The van der Waals surface area contributed by atoms with Crippen LogP contribution in [0.4, 0.5) is 0 Å². The highest BCUT2D eigenvalue weighted by Crippen LogP contribution is 2.03. The van der Waals surface area contributed by atoms with Gasteiger partial charge in [-0.15, -0.1) is 0 Å². The molecule has 1 N–H and O–H groups in total. The summed E-state index contributed by atoms with van der Waals surface area (Å²) < 4.78 is 4.40.